The number of carbonyl (C=O) groups excluding carboxylic acids is 2. The summed E-state index contributed by atoms with van der Waals surface area (Å²) in [6.07, 6.45) is 6.01. The molecule has 0 bridgehead atoms. The number of hydrogen-bond acceptors (Lipinski definition) is 6. The number of methoxy groups -OCH3 is 1. The number of hydrogen-bond donors (Lipinski definition) is 2. The first-order valence-corrected chi connectivity index (χ1v) is 15.1. The van der Waals surface area contributed by atoms with E-state index in [1.165, 1.54) is 12.8 Å². The van der Waals surface area contributed by atoms with Crippen LogP contribution >= 0.6 is 0 Å². The molecule has 0 aromatic heterocycles. The van der Waals surface area contributed by atoms with E-state index >= 15 is 0 Å². The van der Waals surface area contributed by atoms with Crippen LogP contribution in [0.25, 0.3) is 0 Å². The minimum absolute atomic E-state index is 0.0741. The summed E-state index contributed by atoms with van der Waals surface area (Å²) >= 11 is 0. The standard InChI is InChI=1S/C33H47FN2O5/c1-3-4-5-9-22-41-29-18-14-26(15-19-29)33(39)30(24-36-21-20-27(34)23-36)35-32(38)11-8-6-7-10-31(37)25-12-16-28(40-2)17-13-25/h12-19,27,30,33,39H,3-11,20-24H2,1-2H3,(H,35,38)/t27?,30-,33-/m1/s1. The molecule has 8 heteroatoms. The van der Waals surface area contributed by atoms with Crippen LogP contribution in [0.4, 0.5) is 4.39 Å². The molecule has 1 amide bonds. The van der Waals surface area contributed by atoms with Crippen molar-refractivity contribution in [1.29, 1.82) is 0 Å². The normalized spacial score (nSPS) is 16.7. The van der Waals surface area contributed by atoms with Gasteiger partial charge in [0, 0.05) is 38.0 Å². The number of aliphatic hydroxyl groups excluding tert-OH is 1. The van der Waals surface area contributed by atoms with Gasteiger partial charge in [0.15, 0.2) is 5.78 Å². The number of likely N-dealkylation sites (tertiary alicyclic amines) is 1. The van der Waals surface area contributed by atoms with E-state index in [9.17, 15) is 19.1 Å². The molecule has 3 atom stereocenters. The van der Waals surface area contributed by atoms with Crippen molar-refractivity contribution in [2.75, 3.05) is 33.4 Å². The van der Waals surface area contributed by atoms with Gasteiger partial charge in [-0.15, -0.1) is 0 Å². The first-order valence-electron chi connectivity index (χ1n) is 15.1. The average molecular weight is 571 g/mol. The third-order valence-electron chi connectivity index (χ3n) is 7.61. The Morgan fingerprint density at radius 1 is 0.976 bits per heavy atom. The summed E-state index contributed by atoms with van der Waals surface area (Å²) in [6.45, 7) is 4.13. The molecular formula is C33H47FN2O5. The van der Waals surface area contributed by atoms with E-state index in [-0.39, 0.29) is 11.7 Å². The Labute approximate surface area is 244 Å². The van der Waals surface area contributed by atoms with Gasteiger partial charge in [-0.2, -0.15) is 0 Å². The third kappa shape index (κ3) is 11.4. The third-order valence-corrected chi connectivity index (χ3v) is 7.61. The molecule has 2 aromatic rings. The quantitative estimate of drug-likeness (QED) is 0.158. The molecule has 1 saturated heterocycles. The van der Waals surface area contributed by atoms with Crippen LogP contribution in [0.2, 0.25) is 0 Å². The number of nitrogens with zero attached hydrogens (tertiary/aromatic N) is 1. The summed E-state index contributed by atoms with van der Waals surface area (Å²) in [7, 11) is 1.59. The molecule has 1 unspecified atom stereocenters. The number of alkyl halides is 1. The van der Waals surface area contributed by atoms with Gasteiger partial charge >= 0.3 is 0 Å². The number of aliphatic hydroxyl groups is 1. The first kappa shape index (κ1) is 32.5. The van der Waals surface area contributed by atoms with Gasteiger partial charge in [0.2, 0.25) is 5.91 Å². The molecule has 1 aliphatic rings. The molecule has 1 heterocycles. The molecule has 1 aliphatic heterocycles. The van der Waals surface area contributed by atoms with Crippen LogP contribution in [0.3, 0.4) is 0 Å². The van der Waals surface area contributed by atoms with Crippen LogP contribution in [-0.4, -0.2) is 67.3 Å². The van der Waals surface area contributed by atoms with E-state index < -0.39 is 18.3 Å². The Kier molecular flexibility index (Phi) is 14.1. The fourth-order valence-electron chi connectivity index (χ4n) is 5.11. The second-order valence-corrected chi connectivity index (χ2v) is 11.0. The lowest BCUT2D eigenvalue weighted by atomic mass is 10.0. The van der Waals surface area contributed by atoms with Crippen LogP contribution in [0.15, 0.2) is 48.5 Å². The smallest absolute Gasteiger partial charge is 0.220 e. The monoisotopic (exact) mass is 570 g/mol. The lowest BCUT2D eigenvalue weighted by molar-refractivity contribution is -0.123. The highest BCUT2D eigenvalue weighted by atomic mass is 19.1. The highest BCUT2D eigenvalue weighted by molar-refractivity contribution is 5.96. The van der Waals surface area contributed by atoms with E-state index in [1.807, 2.05) is 29.2 Å². The van der Waals surface area contributed by atoms with E-state index in [1.54, 1.807) is 31.4 Å². The predicted molar refractivity (Wildman–Crippen MR) is 159 cm³/mol. The minimum Gasteiger partial charge on any atom is -0.497 e. The van der Waals surface area contributed by atoms with Gasteiger partial charge in [-0.3, -0.25) is 14.5 Å². The zero-order valence-electron chi connectivity index (χ0n) is 24.7. The van der Waals surface area contributed by atoms with Crippen molar-refractivity contribution in [3.8, 4) is 11.5 Å². The average Bonchev–Trinajstić information content (AvgIpc) is 3.40. The summed E-state index contributed by atoms with van der Waals surface area (Å²) in [4.78, 5) is 27.2. The minimum atomic E-state index is -0.932. The van der Waals surface area contributed by atoms with Crippen molar-refractivity contribution >= 4 is 11.7 Å². The van der Waals surface area contributed by atoms with Crippen LogP contribution in [0.5, 0.6) is 11.5 Å². The van der Waals surface area contributed by atoms with Gasteiger partial charge in [0.1, 0.15) is 23.8 Å². The number of carbonyl (C=O) groups is 2. The van der Waals surface area contributed by atoms with Crippen molar-refractivity contribution < 1.29 is 28.6 Å². The Bertz CT molecular complexity index is 1050. The summed E-state index contributed by atoms with van der Waals surface area (Å²) in [5.74, 6) is 1.39. The van der Waals surface area contributed by atoms with Crippen molar-refractivity contribution in [3.63, 3.8) is 0 Å². The summed E-state index contributed by atoms with van der Waals surface area (Å²) < 4.78 is 24.8. The molecule has 2 N–H and O–H groups in total. The van der Waals surface area contributed by atoms with Crippen LogP contribution in [-0.2, 0) is 4.79 Å². The SMILES string of the molecule is CCCCCCOc1ccc([C@@H](O)[C@@H](CN2CCC(F)C2)NC(=O)CCCCCC(=O)c2ccc(OC)cc2)cc1. The second kappa shape index (κ2) is 17.8. The first-order chi connectivity index (χ1) is 19.9. The summed E-state index contributed by atoms with van der Waals surface area (Å²) in [5.41, 5.74) is 1.34. The number of ether oxygens (including phenoxy) is 2. The number of nitrogens with one attached hydrogen (secondary N) is 1. The summed E-state index contributed by atoms with van der Waals surface area (Å²) in [6, 6.07) is 13.9. The largest absolute Gasteiger partial charge is 0.497 e. The Morgan fingerprint density at radius 2 is 1.66 bits per heavy atom. The molecule has 1 fully saturated rings. The van der Waals surface area contributed by atoms with Crippen LogP contribution < -0.4 is 14.8 Å². The van der Waals surface area contributed by atoms with Gasteiger partial charge in [-0.25, -0.2) is 4.39 Å². The van der Waals surface area contributed by atoms with Crippen LogP contribution in [0, 0.1) is 0 Å². The topological polar surface area (TPSA) is 88.1 Å². The van der Waals surface area contributed by atoms with Crippen molar-refractivity contribution in [2.24, 2.45) is 0 Å². The number of rotatable bonds is 19. The van der Waals surface area contributed by atoms with E-state index in [2.05, 4.69) is 12.2 Å². The number of ketones is 1. The Hall–Kier alpha value is -2.97. The molecule has 0 aliphatic carbocycles. The second-order valence-electron chi connectivity index (χ2n) is 11.0. The highest BCUT2D eigenvalue weighted by Gasteiger charge is 2.29. The lowest BCUT2D eigenvalue weighted by Crippen LogP contribution is -2.46. The van der Waals surface area contributed by atoms with Crippen LogP contribution in [0.1, 0.15) is 93.2 Å². The molecule has 3 rings (SSSR count). The van der Waals surface area contributed by atoms with Crippen molar-refractivity contribution in [3.05, 3.63) is 59.7 Å². The molecule has 0 spiro atoms. The van der Waals surface area contributed by atoms with E-state index in [0.717, 1.165) is 25.0 Å². The fraction of sp³-hybridized carbons (Fsp3) is 0.576. The maximum absolute atomic E-state index is 13.8. The highest BCUT2D eigenvalue weighted by Crippen LogP contribution is 2.23. The molecule has 2 aromatic carbocycles. The Balaban J connectivity index is 1.46. The Morgan fingerprint density at radius 3 is 2.32 bits per heavy atom. The lowest BCUT2D eigenvalue weighted by Gasteiger charge is -2.29. The number of halogens is 1. The fourth-order valence-corrected chi connectivity index (χ4v) is 5.11. The molecule has 0 radical (unpaired) electrons. The molecule has 226 valence electrons. The number of amides is 1. The van der Waals surface area contributed by atoms with Gasteiger partial charge in [-0.05, 0) is 67.6 Å². The molecule has 0 saturated carbocycles. The van der Waals surface area contributed by atoms with Gasteiger partial charge in [-0.1, -0.05) is 44.7 Å². The maximum Gasteiger partial charge on any atom is 0.220 e. The maximum atomic E-state index is 13.8. The van der Waals surface area contributed by atoms with Gasteiger partial charge in [0.05, 0.1) is 19.8 Å². The summed E-state index contributed by atoms with van der Waals surface area (Å²) in [5, 5.41) is 14.2. The number of unbranched alkanes of at least 4 members (excludes halogenated alkanes) is 5. The van der Waals surface area contributed by atoms with E-state index in [4.69, 9.17) is 9.47 Å². The van der Waals surface area contributed by atoms with Crippen molar-refractivity contribution in [2.45, 2.75) is 89.4 Å². The van der Waals surface area contributed by atoms with Gasteiger partial charge in [0.25, 0.3) is 0 Å². The molecule has 7 nitrogen and oxygen atoms in total. The van der Waals surface area contributed by atoms with Crippen molar-refractivity contribution in [1.82, 2.24) is 10.2 Å². The molecule has 41 heavy (non-hydrogen) atoms. The zero-order valence-corrected chi connectivity index (χ0v) is 24.7. The zero-order chi connectivity index (χ0) is 29.5. The van der Waals surface area contributed by atoms with E-state index in [0.29, 0.717) is 75.2 Å². The number of Topliss-reactive ketones (excluding diaryl/α,β-unsaturated/α-hetero) is 1. The number of benzene rings is 2. The molecular weight excluding hydrogens is 523 g/mol. The predicted octanol–water partition coefficient (Wildman–Crippen LogP) is 6.05. The van der Waals surface area contributed by atoms with Gasteiger partial charge < -0.3 is 19.9 Å².